The second-order valence-electron chi connectivity index (χ2n) is 6.52. The average molecular weight is 359 g/mol. The molecule has 24 heavy (non-hydrogen) atoms. The Balaban J connectivity index is 0.00000169. The second kappa shape index (κ2) is 7.12. The third kappa shape index (κ3) is 3.15. The van der Waals surface area contributed by atoms with E-state index >= 15 is 0 Å². The minimum atomic E-state index is 0. The summed E-state index contributed by atoms with van der Waals surface area (Å²) < 4.78 is 3.67. The van der Waals surface area contributed by atoms with E-state index in [1.807, 2.05) is 18.4 Å². The molecule has 1 heterocycles. The monoisotopic (exact) mass is 358 g/mol. The fraction of sp³-hybridized carbons (Fsp3) is 0.350. The molecule has 4 rings (SSSR count). The molecule has 0 bridgehead atoms. The van der Waals surface area contributed by atoms with Crippen molar-refractivity contribution >= 4 is 27.6 Å². The zero-order valence-electron chi connectivity index (χ0n) is 14.2. The molecule has 0 saturated carbocycles. The van der Waals surface area contributed by atoms with Crippen molar-refractivity contribution in [3.63, 3.8) is 0 Å². The summed E-state index contributed by atoms with van der Waals surface area (Å²) in [4.78, 5) is 0. The Morgan fingerprint density at radius 2 is 1.96 bits per heavy atom. The molecule has 0 fully saturated rings. The first kappa shape index (κ1) is 17.2. The molecule has 2 nitrogen and oxygen atoms in total. The van der Waals surface area contributed by atoms with Gasteiger partial charge < -0.3 is 17.7 Å². The van der Waals surface area contributed by atoms with E-state index in [9.17, 15) is 0 Å². The Bertz CT molecular complexity index is 844. The maximum absolute atomic E-state index is 3.33. The molecule has 2 aromatic rings. The van der Waals surface area contributed by atoms with Gasteiger partial charge in [0.15, 0.2) is 0 Å². The Morgan fingerprint density at radius 1 is 1.17 bits per heavy atom. The third-order valence-electron chi connectivity index (χ3n) is 5.11. The number of nitrogens with zero attached hydrogens (tertiary/aromatic N) is 1. The van der Waals surface area contributed by atoms with Crippen molar-refractivity contribution in [3.8, 4) is 0 Å². The average Bonchev–Trinajstić information content (AvgIpc) is 2.90. The zero-order chi connectivity index (χ0) is 15.8. The lowest BCUT2D eigenvalue weighted by atomic mass is 9.78. The smallest absolute Gasteiger partial charge is 0.262 e. The van der Waals surface area contributed by atoms with Gasteiger partial charge in [0.05, 0.1) is 0 Å². The van der Waals surface area contributed by atoms with Crippen molar-refractivity contribution < 1.29 is 17.0 Å². The molecular weight excluding hydrogens is 336 g/mol. The van der Waals surface area contributed by atoms with Crippen LogP contribution in [0.15, 0.2) is 53.3 Å². The normalized spacial score (nSPS) is 21.8. The van der Waals surface area contributed by atoms with Gasteiger partial charge in [0.2, 0.25) is 5.52 Å². The molecule has 4 heteroatoms. The highest BCUT2D eigenvalue weighted by Gasteiger charge is 2.23. The summed E-state index contributed by atoms with van der Waals surface area (Å²) in [5.41, 5.74) is 5.68. The van der Waals surface area contributed by atoms with Gasteiger partial charge in [0.25, 0.3) is 5.01 Å². The van der Waals surface area contributed by atoms with Gasteiger partial charge in [-0.2, -0.15) is 4.57 Å². The second-order valence-corrected chi connectivity index (χ2v) is 7.59. The van der Waals surface area contributed by atoms with Crippen LogP contribution in [0.4, 0.5) is 0 Å². The van der Waals surface area contributed by atoms with Gasteiger partial charge in [0.1, 0.15) is 11.7 Å². The zero-order valence-corrected chi connectivity index (χ0v) is 15.8. The molecule has 0 spiro atoms. The number of aryl methyl sites for hydroxylation is 1. The van der Waals surface area contributed by atoms with E-state index in [1.54, 1.807) is 0 Å². The highest BCUT2D eigenvalue weighted by molar-refractivity contribution is 7.18. The van der Waals surface area contributed by atoms with E-state index in [1.165, 1.54) is 57.8 Å². The molecule has 0 radical (unpaired) electrons. The molecule has 0 amide bonds. The lowest BCUT2D eigenvalue weighted by molar-refractivity contribution is -0.642. The number of thiazole rings is 1. The third-order valence-corrected chi connectivity index (χ3v) is 6.28. The fourth-order valence-corrected chi connectivity index (χ4v) is 4.83. The Morgan fingerprint density at radius 3 is 2.75 bits per heavy atom. The van der Waals surface area contributed by atoms with Gasteiger partial charge in [-0.15, -0.1) is 0 Å². The minimum absolute atomic E-state index is 0. The number of hydrogen-bond donors (Lipinski definition) is 1. The molecule has 1 N–H and O–H groups in total. The van der Waals surface area contributed by atoms with Crippen molar-refractivity contribution in [1.82, 2.24) is 5.32 Å². The summed E-state index contributed by atoms with van der Waals surface area (Å²) in [6, 6.07) is 8.65. The van der Waals surface area contributed by atoms with Gasteiger partial charge in [0, 0.05) is 24.9 Å². The first-order valence-corrected chi connectivity index (χ1v) is 9.24. The number of halogens is 1. The van der Waals surface area contributed by atoms with Crippen LogP contribution in [0.1, 0.15) is 30.7 Å². The van der Waals surface area contributed by atoms with Gasteiger partial charge in [-0.1, -0.05) is 29.5 Å². The van der Waals surface area contributed by atoms with E-state index in [4.69, 9.17) is 0 Å². The number of benzene rings is 1. The van der Waals surface area contributed by atoms with Crippen LogP contribution < -0.4 is 22.3 Å². The number of rotatable bonds is 2. The standard InChI is InChI=1S/C20H22N2S.ClH/c1-21-17-10-9-15-8-7-14(11-16(15)13-17)12-20-22(2)18-5-3-4-6-19(18)23-20;/h3-6,11-13,15H,7-10H2,1-2H3;1H. The first-order valence-electron chi connectivity index (χ1n) is 8.42. The topological polar surface area (TPSA) is 15.9 Å². The SMILES string of the molecule is CNC1=CC2=C/C(=C/c3sc4ccccc4[n+]3C)CCC2CC1.[Cl-]. The molecule has 1 unspecified atom stereocenters. The van der Waals surface area contributed by atoms with Crippen LogP contribution in [0.2, 0.25) is 0 Å². The molecule has 0 saturated heterocycles. The summed E-state index contributed by atoms with van der Waals surface area (Å²) in [7, 11) is 4.20. The summed E-state index contributed by atoms with van der Waals surface area (Å²) in [5, 5.41) is 4.67. The molecule has 2 aliphatic carbocycles. The number of hydrogen-bond acceptors (Lipinski definition) is 2. The van der Waals surface area contributed by atoms with Crippen LogP contribution in [0.5, 0.6) is 0 Å². The van der Waals surface area contributed by atoms with Crippen molar-refractivity contribution in [2.75, 3.05) is 7.05 Å². The predicted octanol–water partition coefficient (Wildman–Crippen LogP) is 1.35. The van der Waals surface area contributed by atoms with Gasteiger partial charge in [-0.3, -0.25) is 0 Å². The Kier molecular flexibility index (Phi) is 5.12. The summed E-state index contributed by atoms with van der Waals surface area (Å²) in [6.45, 7) is 0. The minimum Gasteiger partial charge on any atom is -1.00 e. The Hall–Kier alpha value is -1.58. The van der Waals surface area contributed by atoms with Crippen LogP contribution in [0.25, 0.3) is 16.3 Å². The number of allylic oxidation sites excluding steroid dienone is 5. The van der Waals surface area contributed by atoms with Gasteiger partial charge in [-0.05, 0) is 54.9 Å². The number of nitrogens with one attached hydrogen (secondary N) is 1. The maximum Gasteiger partial charge on any atom is 0.262 e. The van der Waals surface area contributed by atoms with Crippen LogP contribution in [0.3, 0.4) is 0 Å². The van der Waals surface area contributed by atoms with Crippen LogP contribution in [-0.2, 0) is 7.05 Å². The van der Waals surface area contributed by atoms with E-state index < -0.39 is 0 Å². The number of aromatic nitrogens is 1. The van der Waals surface area contributed by atoms with E-state index in [0.717, 1.165) is 5.92 Å². The lowest BCUT2D eigenvalue weighted by Crippen LogP contribution is -3.00. The summed E-state index contributed by atoms with van der Waals surface area (Å²) in [6.07, 6.45) is 12.2. The lowest BCUT2D eigenvalue weighted by Gasteiger charge is -2.28. The molecule has 1 atom stereocenters. The molecule has 1 aromatic carbocycles. The predicted molar refractivity (Wildman–Crippen MR) is 98.2 cm³/mol. The van der Waals surface area contributed by atoms with Crippen molar-refractivity contribution in [2.45, 2.75) is 25.7 Å². The molecule has 2 aliphatic rings. The fourth-order valence-electron chi connectivity index (χ4n) is 3.70. The number of para-hydroxylation sites is 1. The van der Waals surface area contributed by atoms with Crippen molar-refractivity contribution in [1.29, 1.82) is 0 Å². The highest BCUT2D eigenvalue weighted by atomic mass is 35.5. The molecule has 126 valence electrons. The van der Waals surface area contributed by atoms with E-state index in [0.29, 0.717) is 0 Å². The van der Waals surface area contributed by atoms with E-state index in [-0.39, 0.29) is 12.4 Å². The van der Waals surface area contributed by atoms with Gasteiger partial charge >= 0.3 is 0 Å². The van der Waals surface area contributed by atoms with Gasteiger partial charge in [-0.25, -0.2) is 0 Å². The largest absolute Gasteiger partial charge is 1.00 e. The Labute approximate surface area is 154 Å². The first-order chi connectivity index (χ1) is 11.2. The quantitative estimate of drug-likeness (QED) is 0.801. The van der Waals surface area contributed by atoms with Crippen LogP contribution >= 0.6 is 11.3 Å². The van der Waals surface area contributed by atoms with Crippen LogP contribution in [-0.4, -0.2) is 7.05 Å². The van der Waals surface area contributed by atoms with Crippen molar-refractivity contribution in [3.05, 3.63) is 58.3 Å². The number of fused-ring (bicyclic) bond motifs is 2. The summed E-state index contributed by atoms with van der Waals surface area (Å²) in [5.74, 6) is 0.764. The van der Waals surface area contributed by atoms with Crippen molar-refractivity contribution in [2.24, 2.45) is 13.0 Å². The molecular formula is C20H23ClN2S. The van der Waals surface area contributed by atoms with Crippen LogP contribution in [0, 0.1) is 5.92 Å². The van der Waals surface area contributed by atoms with E-state index in [2.05, 4.69) is 59.4 Å². The molecule has 1 aromatic heterocycles. The molecule has 0 aliphatic heterocycles. The highest BCUT2D eigenvalue weighted by Crippen LogP contribution is 2.37. The maximum atomic E-state index is 3.33. The summed E-state index contributed by atoms with van der Waals surface area (Å²) >= 11 is 1.88.